The van der Waals surface area contributed by atoms with Gasteiger partial charge in [-0.3, -0.25) is 0 Å². The third-order valence-corrected chi connectivity index (χ3v) is 0.957. The zero-order chi connectivity index (χ0) is 10.2. The molecule has 0 saturated carbocycles. The fourth-order valence-corrected chi connectivity index (χ4v) is 0.500. The molecular weight excluding hydrogens is 184 g/mol. The molecule has 0 heterocycles. The molecule has 0 aliphatic heterocycles. The highest BCUT2D eigenvalue weighted by molar-refractivity contribution is 7.80. The predicted molar refractivity (Wildman–Crippen MR) is 68.9 cm³/mol. The Hall–Kier alpha value is 0.700. The van der Waals surface area contributed by atoms with Crippen molar-refractivity contribution in [3.05, 3.63) is 0 Å². The Balaban J connectivity index is -0.000000115. The maximum atomic E-state index is 3.79. The van der Waals surface area contributed by atoms with Crippen molar-refractivity contribution in [2.75, 3.05) is 11.5 Å². The van der Waals surface area contributed by atoms with Gasteiger partial charge in [-0.05, 0) is 11.5 Å². The summed E-state index contributed by atoms with van der Waals surface area (Å²) in [7, 11) is 0. The van der Waals surface area contributed by atoms with Crippen LogP contribution in [-0.4, -0.2) is 11.5 Å². The number of hydrogen-bond acceptors (Lipinski definition) is 2. The quantitative estimate of drug-likeness (QED) is 0.499. The first kappa shape index (κ1) is 18.5. The summed E-state index contributed by atoms with van der Waals surface area (Å²) in [5.41, 5.74) is 0. The van der Waals surface area contributed by atoms with Crippen molar-refractivity contribution < 1.29 is 0 Å². The smallest absolute Gasteiger partial charge is 0.0126 e. The van der Waals surface area contributed by atoms with Crippen molar-refractivity contribution in [1.82, 2.24) is 0 Å². The van der Waals surface area contributed by atoms with Crippen molar-refractivity contribution >= 4 is 25.3 Å². The molecule has 0 radical (unpaired) electrons. The van der Waals surface area contributed by atoms with Gasteiger partial charge in [-0.15, -0.1) is 0 Å². The molecule has 0 fully saturated rings. The van der Waals surface area contributed by atoms with Gasteiger partial charge in [0.2, 0.25) is 0 Å². The number of hydrogen-bond donors (Lipinski definition) is 2. The lowest BCUT2D eigenvalue weighted by Gasteiger charge is -1.86. The fourth-order valence-electron chi connectivity index (χ4n) is 0.500. The lowest BCUT2D eigenvalue weighted by atomic mass is 10.2. The molecule has 0 aromatic carbocycles. The Morgan fingerprint density at radius 2 is 0.833 bits per heavy atom. The van der Waals surface area contributed by atoms with Crippen LogP contribution < -0.4 is 0 Å². The van der Waals surface area contributed by atoms with E-state index in [2.05, 4.69) is 39.1 Å². The van der Waals surface area contributed by atoms with Crippen LogP contribution >= 0.6 is 25.3 Å². The highest BCUT2D eigenvalue weighted by Crippen LogP contribution is 1.95. The fraction of sp³-hybridized carbons (Fsp3) is 1.00. The molecule has 0 aliphatic carbocycles. The second-order valence-corrected chi connectivity index (χ2v) is 3.60. The summed E-state index contributed by atoms with van der Waals surface area (Å²) in [6, 6.07) is 0. The Labute approximate surface area is 90.3 Å². The monoisotopic (exact) mass is 210 g/mol. The summed E-state index contributed by atoms with van der Waals surface area (Å²) in [6.07, 6.45) is 5.54. The Morgan fingerprint density at radius 1 is 0.667 bits per heavy atom. The van der Waals surface area contributed by atoms with E-state index in [0.717, 1.165) is 11.5 Å². The van der Waals surface area contributed by atoms with Crippen LogP contribution in [0.15, 0.2) is 0 Å². The van der Waals surface area contributed by atoms with E-state index in [0.29, 0.717) is 0 Å². The minimum atomic E-state index is 0.944. The Morgan fingerprint density at radius 3 is 0.917 bits per heavy atom. The molecule has 0 aromatic rings. The summed E-state index contributed by atoms with van der Waals surface area (Å²) in [5, 5.41) is 0. The van der Waals surface area contributed by atoms with Crippen molar-refractivity contribution in [2.24, 2.45) is 0 Å². The van der Waals surface area contributed by atoms with Crippen LogP contribution in [0.1, 0.15) is 53.4 Å². The van der Waals surface area contributed by atoms with Crippen molar-refractivity contribution in [3.8, 4) is 0 Å². The highest BCUT2D eigenvalue weighted by atomic mass is 32.1. The lowest BCUT2D eigenvalue weighted by Crippen LogP contribution is -1.66. The molecule has 12 heavy (non-hydrogen) atoms. The SMILES string of the molecule is CCCCCC.CCS.CCS. The lowest BCUT2D eigenvalue weighted by molar-refractivity contribution is 0.702. The zero-order valence-corrected chi connectivity index (χ0v) is 10.9. The Bertz CT molecular complexity index is 32.8. The van der Waals surface area contributed by atoms with Gasteiger partial charge in [-0.25, -0.2) is 0 Å². The predicted octanol–water partition coefficient (Wildman–Crippen LogP) is 4.46. The van der Waals surface area contributed by atoms with E-state index in [1.54, 1.807) is 0 Å². The molecule has 0 spiro atoms. The molecule has 2 heteroatoms. The van der Waals surface area contributed by atoms with Crippen molar-refractivity contribution in [3.63, 3.8) is 0 Å². The molecule has 0 amide bonds. The van der Waals surface area contributed by atoms with Gasteiger partial charge in [-0.1, -0.05) is 53.4 Å². The van der Waals surface area contributed by atoms with Crippen LogP contribution in [0.25, 0.3) is 0 Å². The van der Waals surface area contributed by atoms with E-state index in [9.17, 15) is 0 Å². The molecule has 0 rings (SSSR count). The topological polar surface area (TPSA) is 0 Å². The van der Waals surface area contributed by atoms with Gasteiger partial charge in [-0.2, -0.15) is 25.3 Å². The molecular formula is C10H26S2. The Kier molecular flexibility index (Phi) is 45.9. The third-order valence-electron chi connectivity index (χ3n) is 0.957. The van der Waals surface area contributed by atoms with Gasteiger partial charge >= 0.3 is 0 Å². The van der Waals surface area contributed by atoms with Gasteiger partial charge in [0, 0.05) is 0 Å². The first-order chi connectivity index (χ1) is 5.74. The summed E-state index contributed by atoms with van der Waals surface area (Å²) in [4.78, 5) is 0. The summed E-state index contributed by atoms with van der Waals surface area (Å²) in [6.45, 7) is 8.44. The van der Waals surface area contributed by atoms with E-state index in [1.165, 1.54) is 25.7 Å². The second-order valence-electron chi connectivity index (χ2n) is 2.34. The first-order valence-corrected chi connectivity index (χ1v) is 6.23. The van der Waals surface area contributed by atoms with Crippen LogP contribution in [0.5, 0.6) is 0 Å². The van der Waals surface area contributed by atoms with Crippen LogP contribution in [0.4, 0.5) is 0 Å². The second kappa shape index (κ2) is 29.8. The van der Waals surface area contributed by atoms with Crippen molar-refractivity contribution in [1.29, 1.82) is 0 Å². The molecule has 78 valence electrons. The largest absolute Gasteiger partial charge is 0.180 e. The average Bonchev–Trinajstić information content (AvgIpc) is 2.04. The van der Waals surface area contributed by atoms with E-state index in [4.69, 9.17) is 0 Å². The standard InChI is InChI=1S/C6H14.2C2H6S/c1-3-5-6-4-2;2*1-2-3/h3-6H2,1-2H3;2*3H,2H2,1H3. The maximum Gasteiger partial charge on any atom is -0.0126 e. The van der Waals surface area contributed by atoms with E-state index in [1.807, 2.05) is 13.8 Å². The van der Waals surface area contributed by atoms with E-state index < -0.39 is 0 Å². The molecule has 0 unspecified atom stereocenters. The van der Waals surface area contributed by atoms with Gasteiger partial charge < -0.3 is 0 Å². The van der Waals surface area contributed by atoms with Gasteiger partial charge in [0.1, 0.15) is 0 Å². The molecule has 0 atom stereocenters. The average molecular weight is 210 g/mol. The normalized spacial score (nSPS) is 7.50. The summed E-state index contributed by atoms with van der Waals surface area (Å²) in [5.74, 6) is 1.89. The van der Waals surface area contributed by atoms with Crippen molar-refractivity contribution in [2.45, 2.75) is 53.4 Å². The van der Waals surface area contributed by atoms with E-state index in [-0.39, 0.29) is 0 Å². The molecule has 0 aromatic heterocycles. The zero-order valence-electron chi connectivity index (χ0n) is 9.14. The molecule has 0 nitrogen and oxygen atoms in total. The van der Waals surface area contributed by atoms with Crippen LogP contribution in [-0.2, 0) is 0 Å². The molecule has 0 bridgehead atoms. The molecule has 0 saturated heterocycles. The van der Waals surface area contributed by atoms with Crippen LogP contribution in [0.3, 0.4) is 0 Å². The van der Waals surface area contributed by atoms with Crippen LogP contribution in [0, 0.1) is 0 Å². The first-order valence-electron chi connectivity index (χ1n) is 4.96. The molecule has 0 aliphatic rings. The van der Waals surface area contributed by atoms with Gasteiger partial charge in [0.25, 0.3) is 0 Å². The minimum Gasteiger partial charge on any atom is -0.180 e. The summed E-state index contributed by atoms with van der Waals surface area (Å²) < 4.78 is 0. The third kappa shape index (κ3) is 73.5. The molecule has 0 N–H and O–H groups in total. The van der Waals surface area contributed by atoms with Gasteiger partial charge in [0.05, 0.1) is 0 Å². The number of rotatable bonds is 3. The van der Waals surface area contributed by atoms with Gasteiger partial charge in [0.15, 0.2) is 0 Å². The highest BCUT2D eigenvalue weighted by Gasteiger charge is 1.75. The van der Waals surface area contributed by atoms with Crippen LogP contribution in [0.2, 0.25) is 0 Å². The summed E-state index contributed by atoms with van der Waals surface area (Å²) >= 11 is 7.58. The minimum absolute atomic E-state index is 0.944. The number of unbranched alkanes of at least 4 members (excludes halogenated alkanes) is 3. The maximum absolute atomic E-state index is 3.79. The number of thiol groups is 2. The van der Waals surface area contributed by atoms with E-state index >= 15 is 0 Å².